The third kappa shape index (κ3) is 2.30. The van der Waals surface area contributed by atoms with Crippen molar-refractivity contribution in [2.45, 2.75) is 45.6 Å². The molecule has 0 aliphatic heterocycles. The van der Waals surface area contributed by atoms with Gasteiger partial charge in [-0.25, -0.2) is 0 Å². The van der Waals surface area contributed by atoms with E-state index in [1.54, 1.807) is 6.26 Å². The molecule has 16 heavy (non-hydrogen) atoms. The summed E-state index contributed by atoms with van der Waals surface area (Å²) in [7, 11) is 0. The summed E-state index contributed by atoms with van der Waals surface area (Å²) >= 11 is 0. The molecule has 1 aliphatic carbocycles. The van der Waals surface area contributed by atoms with E-state index < -0.39 is 0 Å². The number of hydrazine groups is 1. The van der Waals surface area contributed by atoms with Crippen LogP contribution in [-0.4, -0.2) is 0 Å². The smallest absolute Gasteiger partial charge is 0.105 e. The van der Waals surface area contributed by atoms with Gasteiger partial charge in [-0.2, -0.15) is 0 Å². The zero-order valence-corrected chi connectivity index (χ0v) is 10.2. The SMILES string of the molecule is Cc1occc1C(NN)C1CCCC(C)C1. The molecule has 3 heteroatoms. The van der Waals surface area contributed by atoms with Crippen LogP contribution in [0.1, 0.15) is 50.0 Å². The average molecular weight is 222 g/mol. The highest BCUT2D eigenvalue weighted by Crippen LogP contribution is 2.37. The van der Waals surface area contributed by atoms with E-state index >= 15 is 0 Å². The van der Waals surface area contributed by atoms with Gasteiger partial charge in [0.25, 0.3) is 0 Å². The first-order valence-corrected chi connectivity index (χ1v) is 6.22. The van der Waals surface area contributed by atoms with Crippen molar-refractivity contribution >= 4 is 0 Å². The highest BCUT2D eigenvalue weighted by molar-refractivity contribution is 5.21. The second-order valence-electron chi connectivity index (χ2n) is 5.11. The maximum atomic E-state index is 5.72. The first-order valence-electron chi connectivity index (χ1n) is 6.22. The number of rotatable bonds is 3. The molecule has 1 saturated carbocycles. The molecule has 1 aromatic heterocycles. The zero-order valence-electron chi connectivity index (χ0n) is 10.2. The molecule has 0 bridgehead atoms. The third-order valence-electron chi connectivity index (χ3n) is 3.86. The summed E-state index contributed by atoms with van der Waals surface area (Å²) in [6.07, 6.45) is 6.96. The minimum atomic E-state index is 0.251. The highest BCUT2D eigenvalue weighted by Gasteiger charge is 2.28. The molecule has 1 fully saturated rings. The van der Waals surface area contributed by atoms with Crippen LogP contribution >= 0.6 is 0 Å². The van der Waals surface area contributed by atoms with Gasteiger partial charge in [0, 0.05) is 5.56 Å². The molecule has 0 saturated heterocycles. The Morgan fingerprint density at radius 2 is 2.31 bits per heavy atom. The molecule has 1 aliphatic rings. The van der Waals surface area contributed by atoms with Crippen molar-refractivity contribution < 1.29 is 4.42 Å². The Labute approximate surface area is 97.4 Å². The highest BCUT2D eigenvalue weighted by atomic mass is 16.3. The number of nitrogens with two attached hydrogens (primary N) is 1. The van der Waals surface area contributed by atoms with Gasteiger partial charge >= 0.3 is 0 Å². The van der Waals surface area contributed by atoms with Gasteiger partial charge in [0.1, 0.15) is 5.76 Å². The third-order valence-corrected chi connectivity index (χ3v) is 3.86. The number of furan rings is 1. The number of nitrogens with one attached hydrogen (secondary N) is 1. The molecule has 0 aromatic carbocycles. The predicted octanol–water partition coefficient (Wildman–Crippen LogP) is 2.92. The Kier molecular flexibility index (Phi) is 3.66. The van der Waals surface area contributed by atoms with Gasteiger partial charge in [-0.1, -0.05) is 19.8 Å². The van der Waals surface area contributed by atoms with Crippen LogP contribution in [0.4, 0.5) is 0 Å². The van der Waals surface area contributed by atoms with E-state index in [2.05, 4.69) is 12.3 Å². The first kappa shape index (κ1) is 11.7. The van der Waals surface area contributed by atoms with E-state index in [4.69, 9.17) is 10.3 Å². The van der Waals surface area contributed by atoms with Crippen molar-refractivity contribution in [3.8, 4) is 0 Å². The Hall–Kier alpha value is -0.800. The zero-order chi connectivity index (χ0) is 11.5. The normalized spacial score (nSPS) is 27.9. The van der Waals surface area contributed by atoms with Crippen LogP contribution in [0.3, 0.4) is 0 Å². The molecule has 0 radical (unpaired) electrons. The van der Waals surface area contributed by atoms with Crippen molar-refractivity contribution in [2.24, 2.45) is 17.7 Å². The fourth-order valence-corrected chi connectivity index (χ4v) is 2.98. The second kappa shape index (κ2) is 5.02. The van der Waals surface area contributed by atoms with Gasteiger partial charge in [-0.05, 0) is 37.7 Å². The number of hydrogen-bond donors (Lipinski definition) is 2. The topological polar surface area (TPSA) is 51.2 Å². The molecule has 1 heterocycles. The quantitative estimate of drug-likeness (QED) is 0.610. The molecular formula is C13H22N2O. The Balaban J connectivity index is 2.13. The second-order valence-corrected chi connectivity index (χ2v) is 5.11. The molecule has 3 nitrogen and oxygen atoms in total. The van der Waals surface area contributed by atoms with Gasteiger partial charge in [0.15, 0.2) is 0 Å². The van der Waals surface area contributed by atoms with Gasteiger partial charge in [-0.3, -0.25) is 11.3 Å². The summed E-state index contributed by atoms with van der Waals surface area (Å²) in [5, 5.41) is 0. The van der Waals surface area contributed by atoms with Crippen molar-refractivity contribution in [3.63, 3.8) is 0 Å². The van der Waals surface area contributed by atoms with Crippen LogP contribution in [0.2, 0.25) is 0 Å². The summed E-state index contributed by atoms with van der Waals surface area (Å²) in [5.74, 6) is 8.17. The summed E-state index contributed by atoms with van der Waals surface area (Å²) in [4.78, 5) is 0. The van der Waals surface area contributed by atoms with E-state index in [0.717, 1.165) is 11.7 Å². The lowest BCUT2D eigenvalue weighted by atomic mass is 9.77. The Bertz CT molecular complexity index is 334. The maximum absolute atomic E-state index is 5.72. The summed E-state index contributed by atoms with van der Waals surface area (Å²) in [6.45, 7) is 4.34. The molecule has 2 rings (SSSR count). The Morgan fingerprint density at radius 3 is 2.88 bits per heavy atom. The predicted molar refractivity (Wildman–Crippen MR) is 64.6 cm³/mol. The lowest BCUT2D eigenvalue weighted by molar-refractivity contribution is 0.223. The van der Waals surface area contributed by atoms with Crippen molar-refractivity contribution in [1.29, 1.82) is 0 Å². The van der Waals surface area contributed by atoms with Crippen LogP contribution < -0.4 is 11.3 Å². The van der Waals surface area contributed by atoms with Crippen molar-refractivity contribution in [2.75, 3.05) is 0 Å². The van der Waals surface area contributed by atoms with Crippen LogP contribution in [0.15, 0.2) is 16.7 Å². The van der Waals surface area contributed by atoms with E-state index in [1.165, 1.54) is 31.2 Å². The van der Waals surface area contributed by atoms with Gasteiger partial charge < -0.3 is 4.42 Å². The fraction of sp³-hybridized carbons (Fsp3) is 0.692. The Morgan fingerprint density at radius 1 is 1.50 bits per heavy atom. The molecule has 0 amide bonds. The van der Waals surface area contributed by atoms with Crippen LogP contribution in [0.25, 0.3) is 0 Å². The van der Waals surface area contributed by atoms with Gasteiger partial charge in [0.2, 0.25) is 0 Å². The molecule has 3 N–H and O–H groups in total. The molecule has 1 aromatic rings. The molecular weight excluding hydrogens is 200 g/mol. The standard InChI is InChI=1S/C13H22N2O/c1-9-4-3-5-11(8-9)13(15-14)12-6-7-16-10(12)2/h6-7,9,11,13,15H,3-5,8,14H2,1-2H3. The minimum absolute atomic E-state index is 0.251. The summed E-state index contributed by atoms with van der Waals surface area (Å²) < 4.78 is 5.37. The minimum Gasteiger partial charge on any atom is -0.469 e. The average Bonchev–Trinajstić information content (AvgIpc) is 2.67. The van der Waals surface area contributed by atoms with Gasteiger partial charge in [0.05, 0.1) is 12.3 Å². The molecule has 3 atom stereocenters. The van der Waals surface area contributed by atoms with E-state index in [1.807, 2.05) is 13.0 Å². The monoisotopic (exact) mass is 222 g/mol. The lowest BCUT2D eigenvalue weighted by Crippen LogP contribution is -2.35. The maximum Gasteiger partial charge on any atom is 0.105 e. The number of hydrogen-bond acceptors (Lipinski definition) is 3. The van der Waals surface area contributed by atoms with Crippen molar-refractivity contribution in [1.82, 2.24) is 5.43 Å². The van der Waals surface area contributed by atoms with E-state index in [-0.39, 0.29) is 6.04 Å². The van der Waals surface area contributed by atoms with E-state index in [9.17, 15) is 0 Å². The van der Waals surface area contributed by atoms with E-state index in [0.29, 0.717) is 5.92 Å². The number of aryl methyl sites for hydroxylation is 1. The molecule has 3 unspecified atom stereocenters. The van der Waals surface area contributed by atoms with Crippen LogP contribution in [-0.2, 0) is 0 Å². The van der Waals surface area contributed by atoms with Crippen molar-refractivity contribution in [3.05, 3.63) is 23.7 Å². The van der Waals surface area contributed by atoms with Crippen LogP contribution in [0.5, 0.6) is 0 Å². The largest absolute Gasteiger partial charge is 0.469 e. The lowest BCUT2D eigenvalue weighted by Gasteiger charge is -2.32. The van der Waals surface area contributed by atoms with Crippen LogP contribution in [0, 0.1) is 18.8 Å². The van der Waals surface area contributed by atoms with Gasteiger partial charge in [-0.15, -0.1) is 0 Å². The molecule has 90 valence electrons. The fourth-order valence-electron chi connectivity index (χ4n) is 2.98. The summed E-state index contributed by atoms with van der Waals surface area (Å²) in [6, 6.07) is 2.29. The first-order chi connectivity index (χ1) is 7.72. The summed E-state index contributed by atoms with van der Waals surface area (Å²) in [5.41, 5.74) is 4.20. The molecule has 0 spiro atoms.